The van der Waals surface area contributed by atoms with Crippen molar-refractivity contribution in [2.45, 2.75) is 52.7 Å². The average Bonchev–Trinajstić information content (AvgIpc) is 2.82. The van der Waals surface area contributed by atoms with E-state index in [9.17, 15) is 9.36 Å². The molecule has 1 heterocycles. The highest BCUT2D eigenvalue weighted by Gasteiger charge is 2.54. The fourth-order valence-corrected chi connectivity index (χ4v) is 4.98. The van der Waals surface area contributed by atoms with Crippen LogP contribution < -0.4 is 10.8 Å². The van der Waals surface area contributed by atoms with Crippen molar-refractivity contribution in [1.82, 2.24) is 0 Å². The molecule has 0 bridgehead atoms. The fourth-order valence-electron chi connectivity index (χ4n) is 2.85. The normalized spacial score (nSPS) is 18.2. The first kappa shape index (κ1) is 24.3. The molecule has 0 spiro atoms. The minimum absolute atomic E-state index is 0.0181. The Labute approximate surface area is 175 Å². The second kappa shape index (κ2) is 8.65. The lowest BCUT2D eigenvalue weighted by atomic mass is 9.78. The van der Waals surface area contributed by atoms with Gasteiger partial charge in [-0.2, -0.15) is 0 Å². The lowest BCUT2D eigenvalue weighted by molar-refractivity contribution is 0.00578. The van der Waals surface area contributed by atoms with Crippen LogP contribution >= 0.6 is 19.2 Å². The molecule has 1 aliphatic rings. The van der Waals surface area contributed by atoms with Gasteiger partial charge in [0.25, 0.3) is 0 Å². The van der Waals surface area contributed by atoms with E-state index in [0.29, 0.717) is 0 Å². The molecule has 1 aromatic rings. The van der Waals surface area contributed by atoms with E-state index in [1.165, 1.54) is 6.07 Å². The van der Waals surface area contributed by atoms with Gasteiger partial charge in [-0.3, -0.25) is 4.57 Å². The van der Waals surface area contributed by atoms with Crippen LogP contribution in [0.2, 0.25) is 5.02 Å². The smallest absolute Gasteiger partial charge is 0.465 e. The van der Waals surface area contributed by atoms with Gasteiger partial charge in [0.1, 0.15) is 10.9 Å². The van der Waals surface area contributed by atoms with E-state index >= 15 is 4.39 Å². The average molecular weight is 451 g/mol. The van der Waals surface area contributed by atoms with Gasteiger partial charge in [-0.25, -0.2) is 9.18 Å². The van der Waals surface area contributed by atoms with Crippen molar-refractivity contribution in [2.24, 2.45) is 0 Å². The van der Waals surface area contributed by atoms with Crippen LogP contribution in [0.4, 0.5) is 4.39 Å². The molecule has 1 fully saturated rings. The molecule has 29 heavy (non-hydrogen) atoms. The molecule has 1 aromatic carbocycles. The van der Waals surface area contributed by atoms with Gasteiger partial charge in [0, 0.05) is 5.46 Å². The lowest BCUT2D eigenvalue weighted by Crippen LogP contribution is -2.46. The van der Waals surface area contributed by atoms with E-state index in [2.05, 4.69) is 4.74 Å². The molecular weight excluding hydrogens is 424 g/mol. The maximum absolute atomic E-state index is 15.6. The first-order valence-corrected chi connectivity index (χ1v) is 11.1. The summed E-state index contributed by atoms with van der Waals surface area (Å²) in [5, 5.41) is -0.688. The Balaban J connectivity index is 2.80. The van der Waals surface area contributed by atoms with E-state index in [0.717, 1.165) is 7.11 Å². The summed E-state index contributed by atoms with van der Waals surface area (Å²) in [6, 6.07) is 1.28. The molecule has 0 unspecified atom stereocenters. The topological polar surface area (TPSA) is 80.3 Å². The molecule has 0 saturated carbocycles. The highest BCUT2D eigenvalue weighted by Crippen LogP contribution is 2.48. The van der Waals surface area contributed by atoms with E-state index in [-0.39, 0.29) is 23.7 Å². The van der Waals surface area contributed by atoms with Crippen LogP contribution in [0.3, 0.4) is 0 Å². The maximum Gasteiger partial charge on any atom is 0.495 e. The van der Waals surface area contributed by atoms with Crippen LogP contribution in [0.1, 0.15) is 51.9 Å². The van der Waals surface area contributed by atoms with Crippen LogP contribution in [0, 0.1) is 5.82 Å². The highest BCUT2D eigenvalue weighted by molar-refractivity contribution is 7.62. The number of hydrogen-bond donors (Lipinski definition) is 0. The van der Waals surface area contributed by atoms with Crippen molar-refractivity contribution in [3.8, 4) is 0 Å². The van der Waals surface area contributed by atoms with Gasteiger partial charge >= 0.3 is 20.7 Å². The molecule has 7 nitrogen and oxygen atoms in total. The monoisotopic (exact) mass is 450 g/mol. The predicted octanol–water partition coefficient (Wildman–Crippen LogP) is 3.46. The van der Waals surface area contributed by atoms with Crippen molar-refractivity contribution in [3.63, 3.8) is 0 Å². The molecule has 0 aliphatic carbocycles. The number of ether oxygens (including phenoxy) is 1. The van der Waals surface area contributed by atoms with Gasteiger partial charge < -0.3 is 23.1 Å². The fraction of sp³-hybridized carbons (Fsp3) is 0.611. The third kappa shape index (κ3) is 4.41. The summed E-state index contributed by atoms with van der Waals surface area (Å²) in [6.45, 7) is 10.4. The minimum atomic E-state index is -4.18. The first-order chi connectivity index (χ1) is 13.3. The summed E-state index contributed by atoms with van der Waals surface area (Å²) in [5.41, 5.74) is -2.03. The summed E-state index contributed by atoms with van der Waals surface area (Å²) in [6.07, 6.45) is 0. The van der Waals surface area contributed by atoms with Crippen LogP contribution in [-0.2, 0) is 27.7 Å². The predicted molar refractivity (Wildman–Crippen MR) is 109 cm³/mol. The Morgan fingerprint density at radius 2 is 1.66 bits per heavy atom. The summed E-state index contributed by atoms with van der Waals surface area (Å²) >= 11 is 6.18. The molecule has 11 heteroatoms. The van der Waals surface area contributed by atoms with Gasteiger partial charge in [-0.15, -0.1) is 0 Å². The summed E-state index contributed by atoms with van der Waals surface area (Å²) in [4.78, 5) is 12.1. The lowest BCUT2D eigenvalue weighted by Gasteiger charge is -2.32. The third-order valence-corrected chi connectivity index (χ3v) is 7.49. The second-order valence-electron chi connectivity index (χ2n) is 7.40. The number of halogens is 2. The Morgan fingerprint density at radius 1 is 1.17 bits per heavy atom. The molecule has 0 atom stereocenters. The number of rotatable bonds is 7. The Bertz CT molecular complexity index is 820. The van der Waals surface area contributed by atoms with Gasteiger partial charge in [-0.05, 0) is 47.6 Å². The van der Waals surface area contributed by atoms with Crippen molar-refractivity contribution < 1.29 is 36.8 Å². The number of methoxy groups -OCH3 is 1. The largest absolute Gasteiger partial charge is 0.495 e. The molecule has 1 aliphatic heterocycles. The zero-order chi connectivity index (χ0) is 22.2. The first-order valence-electron chi connectivity index (χ1n) is 9.20. The van der Waals surface area contributed by atoms with Crippen molar-refractivity contribution >= 4 is 43.1 Å². The van der Waals surface area contributed by atoms with Crippen LogP contribution in [0.25, 0.3) is 0 Å². The Hall–Kier alpha value is -0.955. The highest BCUT2D eigenvalue weighted by atomic mass is 35.5. The summed E-state index contributed by atoms with van der Waals surface area (Å²) in [5.74, 6) is -2.17. The zero-order valence-electron chi connectivity index (χ0n) is 17.6. The molecule has 1 saturated heterocycles. The standard InChI is InChI=1S/C18H26BClFO7P/c1-8-25-29(23,26-9-2)15-11(19-27-17(3,4)18(5,6)28-19)10-12(20)13(14(15)21)16(22)24-7/h10H,8-9H2,1-7H3. The second-order valence-corrected chi connectivity index (χ2v) is 9.76. The van der Waals surface area contributed by atoms with Gasteiger partial charge in [0.2, 0.25) is 0 Å². The number of hydrogen-bond acceptors (Lipinski definition) is 7. The van der Waals surface area contributed by atoms with Crippen LogP contribution in [0.15, 0.2) is 6.07 Å². The van der Waals surface area contributed by atoms with Crippen molar-refractivity contribution in [2.75, 3.05) is 20.3 Å². The molecule has 0 aromatic heterocycles. The van der Waals surface area contributed by atoms with Crippen molar-refractivity contribution in [3.05, 3.63) is 22.5 Å². The molecule has 0 amide bonds. The summed E-state index contributed by atoms with van der Waals surface area (Å²) < 4.78 is 56.4. The van der Waals surface area contributed by atoms with Gasteiger partial charge in [0.05, 0.1) is 36.5 Å². The number of carbonyl (C=O) groups excluding carboxylic acids is 1. The van der Waals surface area contributed by atoms with E-state index in [1.807, 2.05) is 27.7 Å². The zero-order valence-corrected chi connectivity index (χ0v) is 19.3. The van der Waals surface area contributed by atoms with Gasteiger partial charge in [0.15, 0.2) is 5.82 Å². The maximum atomic E-state index is 15.6. The van der Waals surface area contributed by atoms with E-state index in [4.69, 9.17) is 30.0 Å². The molecular formula is C18H26BClFO7P. The van der Waals surface area contributed by atoms with Crippen molar-refractivity contribution in [1.29, 1.82) is 0 Å². The van der Waals surface area contributed by atoms with E-state index < -0.39 is 48.6 Å². The third-order valence-electron chi connectivity index (χ3n) is 4.99. The van der Waals surface area contributed by atoms with E-state index in [1.54, 1.807) is 13.8 Å². The summed E-state index contributed by atoms with van der Waals surface area (Å²) in [7, 11) is -4.20. The molecule has 2 rings (SSSR count). The van der Waals surface area contributed by atoms with Gasteiger partial charge in [-0.1, -0.05) is 11.6 Å². The quantitative estimate of drug-likeness (QED) is 0.357. The van der Waals surface area contributed by atoms with Crippen LogP contribution in [0.5, 0.6) is 0 Å². The molecule has 0 radical (unpaired) electrons. The number of benzene rings is 1. The molecule has 162 valence electrons. The van der Waals surface area contributed by atoms with Crippen LogP contribution in [-0.4, -0.2) is 44.6 Å². The SMILES string of the molecule is CCOP(=O)(OCC)c1c(B2OC(C)(C)C(C)(C)O2)cc(Cl)c(C(=O)OC)c1F. The number of esters is 1. The number of carbonyl (C=O) groups is 1. The minimum Gasteiger partial charge on any atom is -0.465 e. The molecule has 0 N–H and O–H groups in total. The Kier molecular flexibility index (Phi) is 7.26. The Morgan fingerprint density at radius 3 is 2.07 bits per heavy atom.